The van der Waals surface area contributed by atoms with E-state index in [0.717, 1.165) is 17.0 Å². The molecule has 0 spiro atoms. The Labute approximate surface area is 123 Å². The van der Waals surface area contributed by atoms with E-state index in [1.807, 2.05) is 24.6 Å². The largest absolute Gasteiger partial charge is 0.396 e. The molecule has 0 aliphatic carbocycles. The van der Waals surface area contributed by atoms with E-state index in [0.29, 0.717) is 18.0 Å². The Morgan fingerprint density at radius 3 is 2.80 bits per heavy atom. The zero-order chi connectivity index (χ0) is 14.7. The molecule has 0 aliphatic heterocycles. The molecule has 3 nitrogen and oxygen atoms in total. The highest BCUT2D eigenvalue weighted by molar-refractivity contribution is 6.31. The average molecular weight is 297 g/mol. The summed E-state index contributed by atoms with van der Waals surface area (Å²) < 4.78 is 15.1. The summed E-state index contributed by atoms with van der Waals surface area (Å²) in [6, 6.07) is 6.31. The van der Waals surface area contributed by atoms with Gasteiger partial charge in [-0.05, 0) is 38.0 Å². The molecule has 2 aromatic rings. The molecule has 0 radical (unpaired) electrons. The Hall–Kier alpha value is -1.39. The lowest BCUT2D eigenvalue weighted by Gasteiger charge is -2.16. The molecule has 1 heterocycles. The fraction of sp³-hybridized carbons (Fsp3) is 0.400. The Kier molecular flexibility index (Phi) is 4.78. The predicted octanol–water partition coefficient (Wildman–Crippen LogP) is 3.32. The number of benzene rings is 1. The van der Waals surface area contributed by atoms with E-state index in [9.17, 15) is 9.50 Å². The third-order valence-electron chi connectivity index (χ3n) is 3.43. The maximum absolute atomic E-state index is 13.3. The lowest BCUT2D eigenvalue weighted by Crippen LogP contribution is -2.12. The number of aliphatic hydroxyl groups is 1. The van der Waals surface area contributed by atoms with Crippen molar-refractivity contribution < 1.29 is 9.50 Å². The number of rotatable bonds is 5. The van der Waals surface area contributed by atoms with E-state index in [4.69, 9.17) is 11.6 Å². The maximum atomic E-state index is 13.3. The van der Waals surface area contributed by atoms with Crippen LogP contribution < -0.4 is 0 Å². The maximum Gasteiger partial charge on any atom is 0.123 e. The monoisotopic (exact) mass is 296 g/mol. The standard InChI is InChI=1S/C15H18ClFN2O/c1-3-19-14(15(16)10(2)18-19)8-12(9-20)11-5-4-6-13(17)7-11/h4-7,12,20H,3,8-9H2,1-2H3. The van der Waals surface area contributed by atoms with Crippen molar-refractivity contribution in [3.05, 3.63) is 52.1 Å². The molecule has 0 saturated heterocycles. The second-order valence-corrected chi connectivity index (χ2v) is 5.18. The van der Waals surface area contributed by atoms with Crippen molar-refractivity contribution in [2.75, 3.05) is 6.61 Å². The minimum Gasteiger partial charge on any atom is -0.396 e. The first-order chi connectivity index (χ1) is 9.56. The SMILES string of the molecule is CCn1nc(C)c(Cl)c1CC(CO)c1cccc(F)c1. The molecular formula is C15H18ClFN2O. The summed E-state index contributed by atoms with van der Waals surface area (Å²) in [6.07, 6.45) is 0.535. The number of aliphatic hydroxyl groups excluding tert-OH is 1. The van der Waals surface area contributed by atoms with E-state index in [1.165, 1.54) is 12.1 Å². The topological polar surface area (TPSA) is 38.0 Å². The van der Waals surface area contributed by atoms with Crippen LogP contribution in [0.25, 0.3) is 0 Å². The first-order valence-corrected chi connectivity index (χ1v) is 7.02. The van der Waals surface area contributed by atoms with Crippen LogP contribution in [0.5, 0.6) is 0 Å². The molecule has 20 heavy (non-hydrogen) atoms. The van der Waals surface area contributed by atoms with Crippen molar-refractivity contribution in [1.29, 1.82) is 0 Å². The van der Waals surface area contributed by atoms with Crippen molar-refractivity contribution in [2.24, 2.45) is 0 Å². The fourth-order valence-corrected chi connectivity index (χ4v) is 2.56. The van der Waals surface area contributed by atoms with E-state index in [-0.39, 0.29) is 18.3 Å². The van der Waals surface area contributed by atoms with Gasteiger partial charge in [-0.3, -0.25) is 4.68 Å². The van der Waals surface area contributed by atoms with Gasteiger partial charge in [0.25, 0.3) is 0 Å². The summed E-state index contributed by atoms with van der Waals surface area (Å²) >= 11 is 6.27. The van der Waals surface area contributed by atoms with Crippen LogP contribution in [0.1, 0.15) is 29.8 Å². The van der Waals surface area contributed by atoms with E-state index < -0.39 is 0 Å². The van der Waals surface area contributed by atoms with Crippen molar-refractivity contribution in [1.82, 2.24) is 9.78 Å². The number of aryl methyl sites for hydroxylation is 2. The van der Waals surface area contributed by atoms with Gasteiger partial charge < -0.3 is 5.11 Å². The summed E-state index contributed by atoms with van der Waals surface area (Å²) in [5.41, 5.74) is 2.43. The van der Waals surface area contributed by atoms with Gasteiger partial charge in [0.15, 0.2) is 0 Å². The molecule has 1 aromatic carbocycles. The normalized spacial score (nSPS) is 12.7. The van der Waals surface area contributed by atoms with Gasteiger partial charge in [-0.25, -0.2) is 4.39 Å². The van der Waals surface area contributed by atoms with Crippen LogP contribution in [0.15, 0.2) is 24.3 Å². The van der Waals surface area contributed by atoms with Crippen molar-refractivity contribution in [3.63, 3.8) is 0 Å². The average Bonchev–Trinajstić information content (AvgIpc) is 2.71. The molecule has 0 fully saturated rings. The van der Waals surface area contributed by atoms with Gasteiger partial charge in [0, 0.05) is 12.5 Å². The van der Waals surface area contributed by atoms with Gasteiger partial charge in [0.2, 0.25) is 0 Å². The minimum absolute atomic E-state index is 0.0618. The lowest BCUT2D eigenvalue weighted by molar-refractivity contribution is 0.262. The molecule has 0 bridgehead atoms. The van der Waals surface area contributed by atoms with E-state index in [1.54, 1.807) is 6.07 Å². The lowest BCUT2D eigenvalue weighted by atomic mass is 9.94. The van der Waals surface area contributed by atoms with Crippen molar-refractivity contribution in [2.45, 2.75) is 32.7 Å². The predicted molar refractivity (Wildman–Crippen MR) is 77.6 cm³/mol. The summed E-state index contributed by atoms with van der Waals surface area (Å²) in [5.74, 6) is -0.489. The van der Waals surface area contributed by atoms with Crippen molar-refractivity contribution >= 4 is 11.6 Å². The highest BCUT2D eigenvalue weighted by atomic mass is 35.5. The third-order valence-corrected chi connectivity index (χ3v) is 3.92. The van der Waals surface area contributed by atoms with Crippen LogP contribution in [0.3, 0.4) is 0 Å². The molecule has 1 N–H and O–H groups in total. The molecule has 5 heteroatoms. The third kappa shape index (κ3) is 3.02. The first kappa shape index (κ1) is 15.0. The minimum atomic E-state index is -0.299. The molecular weight excluding hydrogens is 279 g/mol. The highest BCUT2D eigenvalue weighted by Gasteiger charge is 2.19. The van der Waals surface area contributed by atoms with Crippen LogP contribution in [-0.2, 0) is 13.0 Å². The summed E-state index contributed by atoms with van der Waals surface area (Å²) in [4.78, 5) is 0. The molecule has 2 rings (SSSR count). The van der Waals surface area contributed by atoms with E-state index in [2.05, 4.69) is 5.10 Å². The Balaban J connectivity index is 2.31. The zero-order valence-corrected chi connectivity index (χ0v) is 12.4. The number of halogens is 2. The molecule has 0 amide bonds. The molecule has 0 saturated carbocycles. The Morgan fingerprint density at radius 2 is 2.20 bits per heavy atom. The quantitative estimate of drug-likeness (QED) is 0.919. The second kappa shape index (κ2) is 6.37. The summed E-state index contributed by atoms with van der Waals surface area (Å²) in [6.45, 7) is 4.49. The van der Waals surface area contributed by atoms with Gasteiger partial charge in [-0.1, -0.05) is 23.7 Å². The van der Waals surface area contributed by atoms with Crippen LogP contribution in [0, 0.1) is 12.7 Å². The Morgan fingerprint density at radius 1 is 1.45 bits per heavy atom. The second-order valence-electron chi connectivity index (χ2n) is 4.80. The smallest absolute Gasteiger partial charge is 0.123 e. The molecule has 0 aliphatic rings. The van der Waals surface area contributed by atoms with Gasteiger partial charge in [0.05, 0.1) is 23.0 Å². The van der Waals surface area contributed by atoms with Gasteiger partial charge in [0.1, 0.15) is 5.82 Å². The van der Waals surface area contributed by atoms with Gasteiger partial charge >= 0.3 is 0 Å². The Bertz CT molecular complexity index is 598. The fourth-order valence-electron chi connectivity index (χ4n) is 2.35. The van der Waals surface area contributed by atoms with Crippen LogP contribution >= 0.6 is 11.6 Å². The number of hydrogen-bond acceptors (Lipinski definition) is 2. The molecule has 108 valence electrons. The van der Waals surface area contributed by atoms with E-state index >= 15 is 0 Å². The molecule has 1 unspecified atom stereocenters. The molecule has 1 aromatic heterocycles. The number of aromatic nitrogens is 2. The van der Waals surface area contributed by atoms with Gasteiger partial charge in [-0.15, -0.1) is 0 Å². The number of nitrogens with zero attached hydrogens (tertiary/aromatic N) is 2. The van der Waals surface area contributed by atoms with Crippen LogP contribution in [-0.4, -0.2) is 21.5 Å². The zero-order valence-electron chi connectivity index (χ0n) is 11.6. The summed E-state index contributed by atoms with van der Waals surface area (Å²) in [5, 5.41) is 14.6. The number of hydrogen-bond donors (Lipinski definition) is 1. The first-order valence-electron chi connectivity index (χ1n) is 6.64. The van der Waals surface area contributed by atoms with Crippen LogP contribution in [0.2, 0.25) is 5.02 Å². The van der Waals surface area contributed by atoms with Crippen molar-refractivity contribution in [3.8, 4) is 0 Å². The van der Waals surface area contributed by atoms with Gasteiger partial charge in [-0.2, -0.15) is 5.10 Å². The highest BCUT2D eigenvalue weighted by Crippen LogP contribution is 2.27. The summed E-state index contributed by atoms with van der Waals surface area (Å²) in [7, 11) is 0. The van der Waals surface area contributed by atoms with Crippen LogP contribution in [0.4, 0.5) is 4.39 Å². The molecule has 1 atom stereocenters.